The van der Waals surface area contributed by atoms with E-state index in [1.54, 1.807) is 20.2 Å². The summed E-state index contributed by atoms with van der Waals surface area (Å²) in [6, 6.07) is 0. The van der Waals surface area contributed by atoms with Crippen LogP contribution in [0.4, 0.5) is 0 Å². The molecule has 1 rings (SSSR count). The Morgan fingerprint density at radius 2 is 2.00 bits per heavy atom. The Balaban J connectivity index is 2.59. The molecule has 1 aliphatic rings. The normalized spacial score (nSPS) is 16.8. The number of carbonyl (C=O) groups excluding carboxylic acids is 1. The van der Waals surface area contributed by atoms with E-state index >= 15 is 0 Å². The Morgan fingerprint density at radius 3 is 2.57 bits per heavy atom. The van der Waals surface area contributed by atoms with Crippen LogP contribution in [0.3, 0.4) is 0 Å². The molecule has 7 nitrogen and oxygen atoms in total. The van der Waals surface area contributed by atoms with Crippen molar-refractivity contribution in [2.45, 2.75) is 19.4 Å². The first-order chi connectivity index (χ1) is 10.9. The van der Waals surface area contributed by atoms with Gasteiger partial charge in [-0.1, -0.05) is 6.08 Å². The fourth-order valence-electron chi connectivity index (χ4n) is 2.21. The van der Waals surface area contributed by atoms with Gasteiger partial charge in [0.25, 0.3) is 0 Å². The van der Waals surface area contributed by atoms with E-state index in [2.05, 4.69) is 41.0 Å². The maximum absolute atomic E-state index is 11.7. The molecule has 0 atom stereocenters. The lowest BCUT2D eigenvalue weighted by molar-refractivity contribution is -0.127. The summed E-state index contributed by atoms with van der Waals surface area (Å²) in [4.78, 5) is 20.0. The number of nitrogens with one attached hydrogen (secondary N) is 2. The summed E-state index contributed by atoms with van der Waals surface area (Å²) >= 11 is 0. The van der Waals surface area contributed by atoms with Crippen LogP contribution in [0.2, 0.25) is 0 Å². The average Bonchev–Trinajstić information content (AvgIpc) is 2.54. The molecule has 1 fully saturated rings. The van der Waals surface area contributed by atoms with Crippen molar-refractivity contribution in [1.29, 1.82) is 0 Å². The topological polar surface area (TPSA) is 69.2 Å². The molecule has 0 aromatic heterocycles. The van der Waals surface area contributed by atoms with Gasteiger partial charge < -0.3 is 20.3 Å². The summed E-state index contributed by atoms with van der Waals surface area (Å²) in [5.41, 5.74) is -0.0219. The van der Waals surface area contributed by atoms with Crippen LogP contribution in [0.25, 0.3) is 0 Å². The van der Waals surface area contributed by atoms with Gasteiger partial charge >= 0.3 is 0 Å². The van der Waals surface area contributed by atoms with E-state index in [4.69, 9.17) is 4.74 Å². The Kier molecular flexibility index (Phi) is 8.05. The lowest BCUT2D eigenvalue weighted by Gasteiger charge is -2.41. The second-order valence-electron chi connectivity index (χ2n) is 6.39. The first kappa shape index (κ1) is 19.4. The van der Waals surface area contributed by atoms with Gasteiger partial charge in [0, 0.05) is 45.8 Å². The molecule has 0 spiro atoms. The predicted octanol–water partition coefficient (Wildman–Crippen LogP) is -0.0934. The number of nitrogens with zero attached hydrogens (tertiary/aromatic N) is 3. The SMILES string of the molecule is C=CCNC(=NCC(=O)N(C)C)NCC(C)(C)N1CCOCC1. The number of carbonyl (C=O) groups is 1. The molecule has 23 heavy (non-hydrogen) atoms. The van der Waals surface area contributed by atoms with Crippen molar-refractivity contribution in [2.24, 2.45) is 4.99 Å². The first-order valence-corrected chi connectivity index (χ1v) is 8.03. The Labute approximate surface area is 139 Å². The van der Waals surface area contributed by atoms with Crippen LogP contribution in [0.5, 0.6) is 0 Å². The fourth-order valence-corrected chi connectivity index (χ4v) is 2.21. The molecule has 0 saturated carbocycles. The maximum Gasteiger partial charge on any atom is 0.243 e. The molecule has 0 aromatic rings. The predicted molar refractivity (Wildman–Crippen MR) is 93.7 cm³/mol. The van der Waals surface area contributed by atoms with Crippen molar-refractivity contribution in [3.8, 4) is 0 Å². The van der Waals surface area contributed by atoms with Crippen molar-refractivity contribution in [1.82, 2.24) is 20.4 Å². The number of ether oxygens (including phenoxy) is 1. The number of hydrogen-bond donors (Lipinski definition) is 2. The van der Waals surface area contributed by atoms with Gasteiger partial charge in [0.05, 0.1) is 13.2 Å². The van der Waals surface area contributed by atoms with Gasteiger partial charge in [-0.15, -0.1) is 6.58 Å². The monoisotopic (exact) mass is 325 g/mol. The van der Waals surface area contributed by atoms with E-state index in [1.807, 2.05) is 0 Å². The number of amides is 1. The molecular formula is C16H31N5O2. The second-order valence-corrected chi connectivity index (χ2v) is 6.39. The minimum atomic E-state index is -0.0304. The minimum absolute atomic E-state index is 0.0219. The van der Waals surface area contributed by atoms with Gasteiger partial charge in [0.1, 0.15) is 6.54 Å². The lowest BCUT2D eigenvalue weighted by Crippen LogP contribution is -2.56. The Bertz CT molecular complexity index is 415. The summed E-state index contributed by atoms with van der Waals surface area (Å²) in [6.07, 6.45) is 1.76. The molecule has 7 heteroatoms. The van der Waals surface area contributed by atoms with E-state index in [0.29, 0.717) is 12.5 Å². The summed E-state index contributed by atoms with van der Waals surface area (Å²) in [5, 5.41) is 6.47. The van der Waals surface area contributed by atoms with Gasteiger partial charge in [-0.05, 0) is 13.8 Å². The number of guanidine groups is 1. The molecule has 1 amide bonds. The van der Waals surface area contributed by atoms with Gasteiger partial charge in [-0.2, -0.15) is 0 Å². The fraction of sp³-hybridized carbons (Fsp3) is 0.750. The zero-order valence-corrected chi connectivity index (χ0v) is 14.9. The number of aliphatic imine (C=N–C) groups is 1. The van der Waals surface area contributed by atoms with Gasteiger partial charge in [-0.25, -0.2) is 4.99 Å². The molecule has 1 heterocycles. The molecule has 0 bridgehead atoms. The van der Waals surface area contributed by atoms with Crippen LogP contribution in [0.15, 0.2) is 17.6 Å². The molecule has 0 unspecified atom stereocenters. The van der Waals surface area contributed by atoms with Crippen molar-refractivity contribution >= 4 is 11.9 Å². The maximum atomic E-state index is 11.7. The summed E-state index contributed by atoms with van der Waals surface area (Å²) in [6.45, 7) is 12.9. The van der Waals surface area contributed by atoms with Gasteiger partial charge in [0.15, 0.2) is 5.96 Å². The third kappa shape index (κ3) is 7.00. The van der Waals surface area contributed by atoms with Crippen LogP contribution in [0, 0.1) is 0 Å². The van der Waals surface area contributed by atoms with Crippen LogP contribution in [-0.2, 0) is 9.53 Å². The standard InChI is InChI=1S/C16H31N5O2/c1-6-7-17-15(18-12-14(22)20(4)5)19-13-16(2,3)21-8-10-23-11-9-21/h6H,1,7-13H2,2-5H3,(H2,17,18,19). The highest BCUT2D eigenvalue weighted by molar-refractivity contribution is 5.84. The van der Waals surface area contributed by atoms with Crippen LogP contribution >= 0.6 is 0 Å². The van der Waals surface area contributed by atoms with Crippen LogP contribution < -0.4 is 10.6 Å². The zero-order valence-electron chi connectivity index (χ0n) is 14.9. The molecule has 1 saturated heterocycles. The van der Waals surface area contributed by atoms with Crippen LogP contribution in [-0.4, -0.2) is 87.2 Å². The van der Waals surface area contributed by atoms with E-state index in [-0.39, 0.29) is 18.0 Å². The highest BCUT2D eigenvalue weighted by Gasteiger charge is 2.28. The quantitative estimate of drug-likeness (QED) is 0.389. The third-order valence-electron chi connectivity index (χ3n) is 3.84. The molecule has 1 aliphatic heterocycles. The minimum Gasteiger partial charge on any atom is -0.379 e. The lowest BCUT2D eigenvalue weighted by atomic mass is 10.0. The smallest absolute Gasteiger partial charge is 0.243 e. The van der Waals surface area contributed by atoms with Crippen molar-refractivity contribution in [2.75, 3.05) is 60.0 Å². The number of likely N-dealkylation sites (N-methyl/N-ethyl adjacent to an activating group) is 1. The van der Waals surface area contributed by atoms with E-state index in [0.717, 1.165) is 32.8 Å². The summed E-state index contributed by atoms with van der Waals surface area (Å²) in [7, 11) is 3.45. The first-order valence-electron chi connectivity index (χ1n) is 8.03. The molecular weight excluding hydrogens is 294 g/mol. The number of rotatable bonds is 7. The summed E-state index contributed by atoms with van der Waals surface area (Å²) < 4.78 is 5.41. The largest absolute Gasteiger partial charge is 0.379 e. The summed E-state index contributed by atoms with van der Waals surface area (Å²) in [5.74, 6) is 0.596. The molecule has 0 radical (unpaired) electrons. The van der Waals surface area contributed by atoms with Gasteiger partial charge in [0.2, 0.25) is 5.91 Å². The number of hydrogen-bond acceptors (Lipinski definition) is 4. The second kappa shape index (κ2) is 9.52. The van der Waals surface area contributed by atoms with Crippen molar-refractivity contribution in [3.63, 3.8) is 0 Å². The molecule has 0 aliphatic carbocycles. The number of morpholine rings is 1. The van der Waals surface area contributed by atoms with E-state index in [1.165, 1.54) is 4.90 Å². The average molecular weight is 325 g/mol. The van der Waals surface area contributed by atoms with Crippen molar-refractivity contribution in [3.05, 3.63) is 12.7 Å². The van der Waals surface area contributed by atoms with Gasteiger partial charge in [-0.3, -0.25) is 9.69 Å². The third-order valence-corrected chi connectivity index (χ3v) is 3.84. The highest BCUT2D eigenvalue weighted by atomic mass is 16.5. The zero-order chi connectivity index (χ0) is 17.3. The van der Waals surface area contributed by atoms with E-state index in [9.17, 15) is 4.79 Å². The molecule has 0 aromatic carbocycles. The Hall–Kier alpha value is -1.60. The molecule has 132 valence electrons. The van der Waals surface area contributed by atoms with Crippen molar-refractivity contribution < 1.29 is 9.53 Å². The van der Waals surface area contributed by atoms with Crippen LogP contribution in [0.1, 0.15) is 13.8 Å². The molecule has 2 N–H and O–H groups in total. The van der Waals surface area contributed by atoms with E-state index < -0.39 is 0 Å². The highest BCUT2D eigenvalue weighted by Crippen LogP contribution is 2.14. The Morgan fingerprint density at radius 1 is 1.35 bits per heavy atom.